The van der Waals surface area contributed by atoms with Gasteiger partial charge in [0, 0.05) is 56.8 Å². The minimum Gasteiger partial charge on any atom is -0.477 e. The molecule has 0 bridgehead atoms. The SMILES string of the molecule is CC.CC(=O)N1CCN(c2cc3c(cc2Cc2cccc(Cl)c2F)c(=O)c(C(=O)O)cn3C(CO)C(C)C)CC1. The van der Waals surface area contributed by atoms with Crippen LogP contribution in [0.2, 0.25) is 5.02 Å². The second-order valence-corrected chi connectivity index (χ2v) is 10.4. The van der Waals surface area contributed by atoms with Crippen LogP contribution in [0.1, 0.15) is 62.1 Å². The van der Waals surface area contributed by atoms with Crippen LogP contribution < -0.4 is 10.3 Å². The molecule has 2 N–H and O–H groups in total. The van der Waals surface area contributed by atoms with Crippen molar-refractivity contribution in [3.8, 4) is 0 Å². The van der Waals surface area contributed by atoms with E-state index in [0.29, 0.717) is 42.8 Å². The van der Waals surface area contributed by atoms with Gasteiger partial charge in [0.2, 0.25) is 11.3 Å². The van der Waals surface area contributed by atoms with Crippen molar-refractivity contribution in [1.82, 2.24) is 9.47 Å². The van der Waals surface area contributed by atoms with Crippen LogP contribution in [0.4, 0.5) is 10.1 Å². The quantitative estimate of drug-likeness (QED) is 0.414. The summed E-state index contributed by atoms with van der Waals surface area (Å²) in [7, 11) is 0. The van der Waals surface area contributed by atoms with Crippen molar-refractivity contribution in [2.75, 3.05) is 37.7 Å². The van der Waals surface area contributed by atoms with Crippen molar-refractivity contribution >= 4 is 40.1 Å². The number of carboxylic acid groups (broad SMARTS) is 1. The standard InChI is InChI=1S/C28H31ClFN3O5.C2H6/c1-16(2)25(15-34)33-14-21(28(37)38)27(36)20-12-19(11-18-5-4-6-22(29)26(18)30)23(13-24(20)33)32-9-7-31(8-10-32)17(3)35;1-2/h4-6,12-14,16,25,34H,7-11,15H2,1-3H3,(H,37,38);1-2H3. The van der Waals surface area contributed by atoms with Crippen molar-refractivity contribution in [3.63, 3.8) is 0 Å². The maximum absolute atomic E-state index is 14.9. The fourth-order valence-corrected chi connectivity index (χ4v) is 5.26. The van der Waals surface area contributed by atoms with Gasteiger partial charge in [-0.1, -0.05) is 51.4 Å². The lowest BCUT2D eigenvalue weighted by Crippen LogP contribution is -2.48. The number of aromatic carboxylic acids is 1. The number of aromatic nitrogens is 1. The molecular weight excluding hydrogens is 537 g/mol. The number of carbonyl (C=O) groups excluding carboxylic acids is 1. The molecule has 2 heterocycles. The number of aliphatic hydroxyl groups excluding tert-OH is 1. The van der Waals surface area contributed by atoms with Crippen LogP contribution in [-0.4, -0.2) is 64.3 Å². The normalized spacial score (nSPS) is 14.2. The summed E-state index contributed by atoms with van der Waals surface area (Å²) in [6.07, 6.45) is 1.41. The van der Waals surface area contributed by atoms with Crippen LogP contribution in [0.25, 0.3) is 10.9 Å². The number of fused-ring (bicyclic) bond motifs is 1. The van der Waals surface area contributed by atoms with E-state index in [9.17, 15) is 29.0 Å². The van der Waals surface area contributed by atoms with Crippen molar-refractivity contribution in [3.05, 3.63) is 74.3 Å². The third kappa shape index (κ3) is 6.31. The molecule has 1 aliphatic rings. The van der Waals surface area contributed by atoms with Crippen LogP contribution in [0, 0.1) is 11.7 Å². The molecule has 40 heavy (non-hydrogen) atoms. The summed E-state index contributed by atoms with van der Waals surface area (Å²) in [5.41, 5.74) is 1.14. The first-order chi connectivity index (χ1) is 19.0. The smallest absolute Gasteiger partial charge is 0.341 e. The average molecular weight is 574 g/mol. The molecule has 1 aliphatic heterocycles. The van der Waals surface area contributed by atoms with E-state index < -0.39 is 28.8 Å². The van der Waals surface area contributed by atoms with E-state index in [1.54, 1.807) is 27.7 Å². The fourth-order valence-electron chi connectivity index (χ4n) is 5.06. The topological polar surface area (TPSA) is 103 Å². The summed E-state index contributed by atoms with van der Waals surface area (Å²) in [4.78, 5) is 41.0. The number of carbonyl (C=O) groups is 2. The summed E-state index contributed by atoms with van der Waals surface area (Å²) in [6.45, 7) is 11.2. The Morgan fingerprint density at radius 2 is 1.73 bits per heavy atom. The third-order valence-electron chi connectivity index (χ3n) is 7.26. The Balaban J connectivity index is 0.00000216. The maximum Gasteiger partial charge on any atom is 0.341 e. The highest BCUT2D eigenvalue weighted by Gasteiger charge is 2.26. The third-order valence-corrected chi connectivity index (χ3v) is 7.55. The monoisotopic (exact) mass is 573 g/mol. The van der Waals surface area contributed by atoms with Crippen LogP contribution in [-0.2, 0) is 11.2 Å². The molecule has 0 saturated carbocycles. The Morgan fingerprint density at radius 1 is 1.07 bits per heavy atom. The first-order valence-corrected chi connectivity index (χ1v) is 13.9. The van der Waals surface area contributed by atoms with Crippen LogP contribution in [0.3, 0.4) is 0 Å². The molecular formula is C30H37ClFN3O5. The molecule has 216 valence electrons. The molecule has 1 unspecified atom stereocenters. The van der Waals surface area contributed by atoms with E-state index in [1.807, 2.05) is 33.8 Å². The predicted octanol–water partition coefficient (Wildman–Crippen LogP) is 4.97. The Kier molecular flexibility index (Phi) is 10.3. The number of hydrogen-bond donors (Lipinski definition) is 2. The number of carboxylic acids is 1. The highest BCUT2D eigenvalue weighted by Crippen LogP contribution is 2.33. The highest BCUT2D eigenvalue weighted by atomic mass is 35.5. The summed E-state index contributed by atoms with van der Waals surface area (Å²) in [5, 5.41) is 20.1. The van der Waals surface area contributed by atoms with Crippen LogP contribution >= 0.6 is 11.6 Å². The maximum atomic E-state index is 14.9. The van der Waals surface area contributed by atoms with Gasteiger partial charge in [-0.2, -0.15) is 0 Å². The van der Waals surface area contributed by atoms with Gasteiger partial charge in [-0.05, 0) is 35.2 Å². The van der Waals surface area contributed by atoms with E-state index in [-0.39, 0.29) is 35.3 Å². The van der Waals surface area contributed by atoms with Gasteiger partial charge in [0.15, 0.2) is 0 Å². The van der Waals surface area contributed by atoms with E-state index in [0.717, 1.165) is 5.69 Å². The minimum absolute atomic E-state index is 0.0119. The largest absolute Gasteiger partial charge is 0.477 e. The molecule has 0 aliphatic carbocycles. The molecule has 3 aromatic rings. The van der Waals surface area contributed by atoms with Gasteiger partial charge >= 0.3 is 5.97 Å². The summed E-state index contributed by atoms with van der Waals surface area (Å²) >= 11 is 6.03. The molecule has 1 saturated heterocycles. The van der Waals surface area contributed by atoms with Crippen LogP contribution in [0.15, 0.2) is 41.3 Å². The molecule has 0 radical (unpaired) electrons. The first kappa shape index (κ1) is 31.1. The van der Waals surface area contributed by atoms with Gasteiger partial charge in [-0.15, -0.1) is 0 Å². The Labute approximate surface area is 238 Å². The zero-order chi connectivity index (χ0) is 29.7. The second kappa shape index (κ2) is 13.3. The Hall–Kier alpha value is -3.43. The van der Waals surface area contributed by atoms with Crippen molar-refractivity contribution in [1.29, 1.82) is 0 Å². The molecule has 1 amide bonds. The van der Waals surface area contributed by atoms with Crippen molar-refractivity contribution in [2.45, 2.75) is 47.1 Å². The molecule has 0 spiro atoms. The van der Waals surface area contributed by atoms with E-state index in [4.69, 9.17) is 11.6 Å². The zero-order valence-corrected chi connectivity index (χ0v) is 24.3. The Bertz CT molecular complexity index is 1450. The van der Waals surface area contributed by atoms with E-state index >= 15 is 0 Å². The van der Waals surface area contributed by atoms with Crippen molar-refractivity contribution in [2.24, 2.45) is 5.92 Å². The number of rotatable bonds is 7. The van der Waals surface area contributed by atoms with Gasteiger partial charge in [0.1, 0.15) is 11.4 Å². The number of aliphatic hydroxyl groups is 1. The summed E-state index contributed by atoms with van der Waals surface area (Å²) in [5.74, 6) is -1.99. The molecule has 1 atom stereocenters. The van der Waals surface area contributed by atoms with Crippen LogP contribution in [0.5, 0.6) is 0 Å². The molecule has 1 fully saturated rings. The van der Waals surface area contributed by atoms with E-state index in [1.165, 1.54) is 19.2 Å². The molecule has 4 rings (SSSR count). The highest BCUT2D eigenvalue weighted by molar-refractivity contribution is 6.30. The molecule has 2 aromatic carbocycles. The molecule has 10 heteroatoms. The lowest BCUT2D eigenvalue weighted by molar-refractivity contribution is -0.129. The van der Waals surface area contributed by atoms with Gasteiger partial charge in [0.05, 0.1) is 23.2 Å². The zero-order valence-electron chi connectivity index (χ0n) is 23.6. The second-order valence-electron chi connectivity index (χ2n) is 9.96. The number of nitrogens with zero attached hydrogens (tertiary/aromatic N) is 3. The van der Waals surface area contributed by atoms with Crippen molar-refractivity contribution < 1.29 is 24.2 Å². The summed E-state index contributed by atoms with van der Waals surface area (Å²) < 4.78 is 16.6. The summed E-state index contributed by atoms with van der Waals surface area (Å²) in [6, 6.07) is 7.69. The minimum atomic E-state index is -1.36. The van der Waals surface area contributed by atoms with E-state index in [2.05, 4.69) is 4.90 Å². The van der Waals surface area contributed by atoms with Gasteiger partial charge < -0.3 is 24.6 Å². The number of halogens is 2. The number of benzene rings is 2. The Morgan fingerprint density at radius 3 is 2.27 bits per heavy atom. The molecule has 8 nitrogen and oxygen atoms in total. The van der Waals surface area contributed by atoms with Gasteiger partial charge in [-0.3, -0.25) is 9.59 Å². The van der Waals surface area contributed by atoms with Gasteiger partial charge in [-0.25, -0.2) is 9.18 Å². The number of anilines is 1. The first-order valence-electron chi connectivity index (χ1n) is 13.5. The number of piperazine rings is 1. The molecule has 1 aromatic heterocycles. The predicted molar refractivity (Wildman–Crippen MR) is 156 cm³/mol. The number of pyridine rings is 1. The fraction of sp³-hybridized carbons (Fsp3) is 0.433. The average Bonchev–Trinajstić information content (AvgIpc) is 2.93. The lowest BCUT2D eigenvalue weighted by atomic mass is 9.97. The van der Waals surface area contributed by atoms with Gasteiger partial charge in [0.25, 0.3) is 0 Å². The number of amides is 1. The lowest BCUT2D eigenvalue weighted by Gasteiger charge is -2.37. The number of hydrogen-bond acceptors (Lipinski definition) is 5.